The first kappa shape index (κ1) is 26.4. The van der Waals surface area contributed by atoms with Crippen molar-refractivity contribution in [3.8, 4) is 5.75 Å². The second-order valence-electron chi connectivity index (χ2n) is 11.5. The fourth-order valence-electron chi connectivity index (χ4n) is 6.58. The van der Waals surface area contributed by atoms with E-state index in [-0.39, 0.29) is 11.8 Å². The van der Waals surface area contributed by atoms with Crippen molar-refractivity contribution < 1.29 is 14.3 Å². The summed E-state index contributed by atoms with van der Waals surface area (Å²) in [5.41, 5.74) is 5.35. The number of likely N-dealkylation sites (tertiary alicyclic amines) is 1. The topological polar surface area (TPSA) is 69.8 Å². The van der Waals surface area contributed by atoms with Gasteiger partial charge in [0.15, 0.2) is 0 Å². The number of nitrogens with zero attached hydrogens (tertiary/aromatic N) is 2. The van der Waals surface area contributed by atoms with Crippen LogP contribution >= 0.6 is 0 Å². The second kappa shape index (κ2) is 12.5. The van der Waals surface area contributed by atoms with Gasteiger partial charge in [0.05, 0.1) is 25.7 Å². The van der Waals surface area contributed by atoms with Crippen LogP contribution in [-0.2, 0) is 28.9 Å². The number of rotatable bonds is 10. The molecule has 2 aromatic carbocycles. The molecule has 6 rings (SSSR count). The van der Waals surface area contributed by atoms with Crippen molar-refractivity contribution in [1.29, 1.82) is 0 Å². The van der Waals surface area contributed by atoms with E-state index in [1.54, 1.807) is 0 Å². The Hall–Kier alpha value is -2.87. The Bertz CT molecular complexity index is 1250. The highest BCUT2D eigenvalue weighted by Crippen LogP contribution is 2.29. The van der Waals surface area contributed by atoms with Crippen LogP contribution in [0.15, 0.2) is 48.7 Å². The standard InChI is InChI=1S/C32H42N4O3/c37-32(33-11-4-12-35-13-15-38-16-14-35)27-17-24(23-39-29-10-9-25-5-3-6-26(25)18-29)20-36(21-27)22-28-19-34-31-8-2-1-7-30(28)31/h1-2,7-10,18-19,24,27,34H,3-6,11-17,20-23H2,(H,33,37)/t24-,27+/m0/s1. The number of ether oxygens (including phenoxy) is 2. The third-order valence-corrected chi connectivity index (χ3v) is 8.66. The fourth-order valence-corrected chi connectivity index (χ4v) is 6.58. The molecule has 0 bridgehead atoms. The number of benzene rings is 2. The Kier molecular flexibility index (Phi) is 8.47. The van der Waals surface area contributed by atoms with Crippen LogP contribution in [0.2, 0.25) is 0 Å². The molecule has 1 aromatic heterocycles. The predicted octanol–water partition coefficient (Wildman–Crippen LogP) is 4.01. The van der Waals surface area contributed by atoms with Crippen molar-refractivity contribution in [2.45, 2.75) is 38.6 Å². The van der Waals surface area contributed by atoms with E-state index in [0.717, 1.165) is 89.6 Å². The highest BCUT2D eigenvalue weighted by molar-refractivity contribution is 5.83. The molecule has 2 fully saturated rings. The van der Waals surface area contributed by atoms with E-state index < -0.39 is 0 Å². The number of amides is 1. The third kappa shape index (κ3) is 6.65. The Morgan fingerprint density at radius 1 is 1.05 bits per heavy atom. The van der Waals surface area contributed by atoms with Crippen LogP contribution in [0.4, 0.5) is 0 Å². The molecule has 3 heterocycles. The summed E-state index contributed by atoms with van der Waals surface area (Å²) >= 11 is 0. The lowest BCUT2D eigenvalue weighted by atomic mass is 9.88. The molecule has 3 aliphatic rings. The molecule has 0 unspecified atom stereocenters. The maximum atomic E-state index is 13.3. The largest absolute Gasteiger partial charge is 0.493 e. The molecule has 2 saturated heterocycles. The Morgan fingerprint density at radius 3 is 2.85 bits per heavy atom. The summed E-state index contributed by atoms with van der Waals surface area (Å²) in [6.07, 6.45) is 7.54. The van der Waals surface area contributed by atoms with Gasteiger partial charge >= 0.3 is 0 Å². The fraction of sp³-hybridized carbons (Fsp3) is 0.531. The number of nitrogens with one attached hydrogen (secondary N) is 2. The number of aromatic nitrogens is 1. The van der Waals surface area contributed by atoms with Crippen molar-refractivity contribution in [3.05, 3.63) is 65.4 Å². The normalized spacial score (nSPS) is 22.2. The van der Waals surface area contributed by atoms with Gasteiger partial charge in [-0.25, -0.2) is 0 Å². The Labute approximate surface area is 231 Å². The summed E-state index contributed by atoms with van der Waals surface area (Å²) in [6, 6.07) is 15.0. The first-order valence-corrected chi connectivity index (χ1v) is 14.8. The predicted molar refractivity (Wildman–Crippen MR) is 154 cm³/mol. The average molecular weight is 531 g/mol. The van der Waals surface area contributed by atoms with Gasteiger partial charge in [-0.05, 0) is 73.5 Å². The number of hydrogen-bond acceptors (Lipinski definition) is 5. The number of piperidine rings is 1. The Balaban J connectivity index is 1.08. The smallest absolute Gasteiger partial charge is 0.224 e. The van der Waals surface area contributed by atoms with Gasteiger partial charge < -0.3 is 19.8 Å². The summed E-state index contributed by atoms with van der Waals surface area (Å²) in [4.78, 5) is 21.6. The Morgan fingerprint density at radius 2 is 1.92 bits per heavy atom. The van der Waals surface area contributed by atoms with E-state index in [9.17, 15) is 4.79 Å². The average Bonchev–Trinajstić information content (AvgIpc) is 3.61. The third-order valence-electron chi connectivity index (χ3n) is 8.66. The number of para-hydroxylation sites is 1. The number of carbonyl (C=O) groups is 1. The molecule has 0 radical (unpaired) electrons. The molecule has 7 nitrogen and oxygen atoms in total. The van der Waals surface area contributed by atoms with E-state index >= 15 is 0 Å². The van der Waals surface area contributed by atoms with E-state index in [4.69, 9.17) is 9.47 Å². The number of aromatic amines is 1. The van der Waals surface area contributed by atoms with Crippen LogP contribution in [0.25, 0.3) is 10.9 Å². The maximum Gasteiger partial charge on any atom is 0.224 e. The zero-order chi connectivity index (χ0) is 26.4. The highest BCUT2D eigenvalue weighted by atomic mass is 16.5. The molecule has 0 saturated carbocycles. The molecule has 2 N–H and O–H groups in total. The molecule has 39 heavy (non-hydrogen) atoms. The molecular weight excluding hydrogens is 488 g/mol. The summed E-state index contributed by atoms with van der Waals surface area (Å²) in [7, 11) is 0. The SMILES string of the molecule is O=C(NCCCN1CCOCC1)[C@@H]1C[C@H](COc2ccc3c(c2)CCC3)CN(Cc2c[nH]c3ccccc23)C1. The minimum absolute atomic E-state index is 0.0269. The van der Waals surface area contributed by atoms with E-state index in [1.165, 1.54) is 34.9 Å². The second-order valence-corrected chi connectivity index (χ2v) is 11.5. The van der Waals surface area contributed by atoms with Crippen molar-refractivity contribution >= 4 is 16.8 Å². The molecule has 0 spiro atoms. The first-order chi connectivity index (χ1) is 19.2. The number of carbonyl (C=O) groups excluding carboxylic acids is 1. The van der Waals surface area contributed by atoms with Gasteiger partial charge in [0.25, 0.3) is 0 Å². The molecule has 1 amide bonds. The number of aryl methyl sites for hydroxylation is 2. The van der Waals surface area contributed by atoms with Gasteiger partial charge in [0, 0.05) is 62.3 Å². The summed E-state index contributed by atoms with van der Waals surface area (Å²) in [5.74, 6) is 1.43. The lowest BCUT2D eigenvalue weighted by molar-refractivity contribution is -0.127. The van der Waals surface area contributed by atoms with E-state index in [0.29, 0.717) is 12.5 Å². The number of morpholine rings is 1. The lowest BCUT2D eigenvalue weighted by Crippen LogP contribution is -2.47. The van der Waals surface area contributed by atoms with Crippen LogP contribution in [0.1, 0.15) is 36.0 Å². The van der Waals surface area contributed by atoms with Crippen molar-refractivity contribution in [1.82, 2.24) is 20.1 Å². The quantitative estimate of drug-likeness (QED) is 0.388. The number of H-pyrrole nitrogens is 1. The minimum atomic E-state index is -0.0269. The van der Waals surface area contributed by atoms with Crippen LogP contribution in [-0.4, -0.2) is 79.8 Å². The maximum absolute atomic E-state index is 13.3. The monoisotopic (exact) mass is 530 g/mol. The minimum Gasteiger partial charge on any atom is -0.493 e. The molecule has 2 atom stereocenters. The van der Waals surface area contributed by atoms with Crippen molar-refractivity contribution in [2.75, 3.05) is 59.1 Å². The van der Waals surface area contributed by atoms with Gasteiger partial charge in [-0.1, -0.05) is 24.3 Å². The van der Waals surface area contributed by atoms with E-state index in [2.05, 4.69) is 68.8 Å². The molecular formula is C32H42N4O3. The van der Waals surface area contributed by atoms with Gasteiger partial charge in [-0.3, -0.25) is 14.6 Å². The summed E-state index contributed by atoms with van der Waals surface area (Å²) < 4.78 is 11.8. The molecule has 208 valence electrons. The summed E-state index contributed by atoms with van der Waals surface area (Å²) in [5, 5.41) is 4.52. The highest BCUT2D eigenvalue weighted by Gasteiger charge is 2.32. The molecule has 3 aromatic rings. The zero-order valence-electron chi connectivity index (χ0n) is 23.0. The summed E-state index contributed by atoms with van der Waals surface area (Å²) in [6.45, 7) is 8.55. The molecule has 7 heteroatoms. The van der Waals surface area contributed by atoms with Gasteiger partial charge in [-0.2, -0.15) is 0 Å². The molecule has 1 aliphatic carbocycles. The van der Waals surface area contributed by atoms with Gasteiger partial charge in [0.1, 0.15) is 5.75 Å². The lowest BCUT2D eigenvalue weighted by Gasteiger charge is -2.37. The zero-order valence-corrected chi connectivity index (χ0v) is 23.0. The van der Waals surface area contributed by atoms with Crippen LogP contribution < -0.4 is 10.1 Å². The van der Waals surface area contributed by atoms with Crippen molar-refractivity contribution in [2.24, 2.45) is 11.8 Å². The van der Waals surface area contributed by atoms with Gasteiger partial charge in [0.2, 0.25) is 5.91 Å². The van der Waals surface area contributed by atoms with Crippen molar-refractivity contribution in [3.63, 3.8) is 0 Å². The van der Waals surface area contributed by atoms with Crippen LogP contribution in [0.5, 0.6) is 5.75 Å². The van der Waals surface area contributed by atoms with E-state index in [1.807, 2.05) is 0 Å². The first-order valence-electron chi connectivity index (χ1n) is 14.8. The van der Waals surface area contributed by atoms with Crippen LogP contribution in [0.3, 0.4) is 0 Å². The number of fused-ring (bicyclic) bond motifs is 2. The van der Waals surface area contributed by atoms with Crippen LogP contribution in [0, 0.1) is 11.8 Å². The number of hydrogen-bond donors (Lipinski definition) is 2. The van der Waals surface area contributed by atoms with Gasteiger partial charge in [-0.15, -0.1) is 0 Å². The molecule has 2 aliphatic heterocycles.